The molecule has 0 saturated carbocycles. The molecular weight excluding hydrogens is 278 g/mol. The summed E-state index contributed by atoms with van der Waals surface area (Å²) in [7, 11) is 0. The smallest absolute Gasteiger partial charge is 0.255 e. The summed E-state index contributed by atoms with van der Waals surface area (Å²) < 4.78 is 10.6. The normalized spacial score (nSPS) is 18.4. The zero-order valence-corrected chi connectivity index (χ0v) is 11.9. The van der Waals surface area contributed by atoms with E-state index in [4.69, 9.17) is 9.26 Å². The minimum Gasteiger partial charge on any atom is -0.368 e. The number of rotatable bonds is 4. The third-order valence-corrected chi connectivity index (χ3v) is 3.95. The lowest BCUT2D eigenvalue weighted by molar-refractivity contribution is 0.0835. The van der Waals surface area contributed by atoms with Gasteiger partial charge in [-0.3, -0.25) is 4.79 Å². The number of hydrogen-bond acceptors (Lipinski definition) is 6. The van der Waals surface area contributed by atoms with Crippen LogP contribution in [0.3, 0.4) is 0 Å². The highest BCUT2D eigenvalue weighted by Gasteiger charge is 2.23. The number of carbonyl (C=O) groups is 1. The molecule has 1 N–H and O–H groups in total. The fourth-order valence-electron chi connectivity index (χ4n) is 2.07. The first kappa shape index (κ1) is 13.3. The number of carbonyl (C=O) groups excluding carboxylic acids is 1. The number of nitrogens with one attached hydrogen (secondary N) is 1. The second-order valence-corrected chi connectivity index (χ2v) is 5.79. The molecule has 1 amide bonds. The zero-order chi connectivity index (χ0) is 13.9. The van der Waals surface area contributed by atoms with E-state index in [9.17, 15) is 4.79 Å². The van der Waals surface area contributed by atoms with Crippen molar-refractivity contribution in [2.24, 2.45) is 0 Å². The highest BCUT2D eigenvalue weighted by atomic mass is 32.1. The van der Waals surface area contributed by atoms with Crippen LogP contribution < -0.4 is 5.32 Å². The average Bonchev–Trinajstić information content (AvgIpc) is 3.16. The molecule has 3 rings (SSSR count). The van der Waals surface area contributed by atoms with Crippen LogP contribution in [0, 0.1) is 6.92 Å². The van der Waals surface area contributed by atoms with Gasteiger partial charge in [0.25, 0.3) is 11.8 Å². The van der Waals surface area contributed by atoms with E-state index < -0.39 is 0 Å². The van der Waals surface area contributed by atoms with Gasteiger partial charge in [0.05, 0.1) is 12.1 Å². The van der Waals surface area contributed by atoms with Crippen molar-refractivity contribution >= 4 is 17.2 Å². The second kappa shape index (κ2) is 5.72. The van der Waals surface area contributed by atoms with E-state index in [-0.39, 0.29) is 18.6 Å². The quantitative estimate of drug-likeness (QED) is 0.935. The van der Waals surface area contributed by atoms with Crippen molar-refractivity contribution in [1.82, 2.24) is 15.5 Å². The maximum absolute atomic E-state index is 11.9. The van der Waals surface area contributed by atoms with Crippen LogP contribution in [-0.2, 0) is 11.3 Å². The molecule has 106 valence electrons. The van der Waals surface area contributed by atoms with E-state index in [1.54, 1.807) is 11.3 Å². The molecule has 2 aromatic rings. The summed E-state index contributed by atoms with van der Waals surface area (Å²) in [5, 5.41) is 8.46. The molecule has 0 bridgehead atoms. The molecule has 20 heavy (non-hydrogen) atoms. The Balaban J connectivity index is 1.57. The van der Waals surface area contributed by atoms with Crippen LogP contribution in [0.1, 0.15) is 45.9 Å². The SMILES string of the molecule is Cc1cc(C(=O)NCc2noc([C@H]3CCCO3)n2)cs1. The van der Waals surface area contributed by atoms with Crippen molar-refractivity contribution in [3.63, 3.8) is 0 Å². The lowest BCUT2D eigenvalue weighted by atomic mass is 10.2. The van der Waals surface area contributed by atoms with Crippen molar-refractivity contribution < 1.29 is 14.1 Å². The Bertz CT molecular complexity index is 602. The van der Waals surface area contributed by atoms with Gasteiger partial charge in [0.2, 0.25) is 0 Å². The van der Waals surface area contributed by atoms with E-state index in [1.807, 2.05) is 18.4 Å². The van der Waals surface area contributed by atoms with Gasteiger partial charge in [-0.15, -0.1) is 11.3 Å². The van der Waals surface area contributed by atoms with E-state index >= 15 is 0 Å². The van der Waals surface area contributed by atoms with Gasteiger partial charge in [-0.05, 0) is 25.8 Å². The first-order valence-corrected chi connectivity index (χ1v) is 7.38. The van der Waals surface area contributed by atoms with Crippen LogP contribution >= 0.6 is 11.3 Å². The predicted molar refractivity (Wildman–Crippen MR) is 72.5 cm³/mol. The number of ether oxygens (including phenoxy) is 1. The number of thiophene rings is 1. The molecule has 3 heterocycles. The van der Waals surface area contributed by atoms with Gasteiger partial charge in [-0.25, -0.2) is 0 Å². The Morgan fingerprint density at radius 1 is 1.60 bits per heavy atom. The minimum absolute atomic E-state index is 0.0912. The summed E-state index contributed by atoms with van der Waals surface area (Å²) in [4.78, 5) is 17.2. The van der Waals surface area contributed by atoms with Crippen LogP contribution in [0.5, 0.6) is 0 Å². The first-order chi connectivity index (χ1) is 9.72. The third kappa shape index (κ3) is 2.88. The van der Waals surface area contributed by atoms with Gasteiger partial charge in [0.1, 0.15) is 6.10 Å². The van der Waals surface area contributed by atoms with Crippen molar-refractivity contribution in [3.05, 3.63) is 33.6 Å². The number of nitrogens with zero attached hydrogens (tertiary/aromatic N) is 2. The molecule has 1 aliphatic rings. The maximum Gasteiger partial charge on any atom is 0.255 e. The summed E-state index contributed by atoms with van der Waals surface area (Å²) in [6.45, 7) is 2.95. The topological polar surface area (TPSA) is 77.2 Å². The van der Waals surface area contributed by atoms with Crippen molar-refractivity contribution in [2.75, 3.05) is 6.61 Å². The Morgan fingerprint density at radius 3 is 3.20 bits per heavy atom. The molecule has 1 saturated heterocycles. The largest absolute Gasteiger partial charge is 0.368 e. The highest BCUT2D eigenvalue weighted by Crippen LogP contribution is 2.26. The minimum atomic E-state index is -0.127. The van der Waals surface area contributed by atoms with Gasteiger partial charge in [0.15, 0.2) is 5.82 Å². The molecule has 1 atom stereocenters. The first-order valence-electron chi connectivity index (χ1n) is 6.50. The van der Waals surface area contributed by atoms with E-state index in [0.29, 0.717) is 17.3 Å². The third-order valence-electron chi connectivity index (χ3n) is 3.09. The molecule has 1 aliphatic heterocycles. The van der Waals surface area contributed by atoms with Crippen molar-refractivity contribution in [1.29, 1.82) is 0 Å². The molecule has 2 aromatic heterocycles. The zero-order valence-electron chi connectivity index (χ0n) is 11.1. The number of aryl methyl sites for hydroxylation is 1. The maximum atomic E-state index is 11.9. The summed E-state index contributed by atoms with van der Waals surface area (Å²) in [5.41, 5.74) is 0.662. The van der Waals surface area contributed by atoms with Crippen molar-refractivity contribution in [2.45, 2.75) is 32.4 Å². The molecule has 0 unspecified atom stereocenters. The van der Waals surface area contributed by atoms with Gasteiger partial charge in [-0.2, -0.15) is 4.98 Å². The molecule has 7 heteroatoms. The Kier molecular flexibility index (Phi) is 3.79. The average molecular weight is 293 g/mol. The van der Waals surface area contributed by atoms with Gasteiger partial charge >= 0.3 is 0 Å². The second-order valence-electron chi connectivity index (χ2n) is 4.68. The van der Waals surface area contributed by atoms with Crippen LogP contribution in [0.15, 0.2) is 16.0 Å². The fraction of sp³-hybridized carbons (Fsp3) is 0.462. The summed E-state index contributed by atoms with van der Waals surface area (Å²) in [6, 6.07) is 1.86. The molecule has 0 spiro atoms. The summed E-state index contributed by atoms with van der Waals surface area (Å²) in [5.74, 6) is 0.840. The Morgan fingerprint density at radius 2 is 2.50 bits per heavy atom. The standard InChI is InChI=1S/C13H15N3O3S/c1-8-5-9(7-20-8)12(17)14-6-11-15-13(19-16-11)10-3-2-4-18-10/h5,7,10H,2-4,6H2,1H3,(H,14,17)/t10-/m1/s1. The number of hydrogen-bond donors (Lipinski definition) is 1. The predicted octanol–water partition coefficient (Wildman–Crippen LogP) is 2.22. The van der Waals surface area contributed by atoms with Crippen LogP contribution in [0.2, 0.25) is 0 Å². The van der Waals surface area contributed by atoms with Crippen LogP contribution in [-0.4, -0.2) is 22.7 Å². The lowest BCUT2D eigenvalue weighted by Crippen LogP contribution is -2.22. The Hall–Kier alpha value is -1.73. The van der Waals surface area contributed by atoms with E-state index in [1.165, 1.54) is 0 Å². The molecule has 0 radical (unpaired) electrons. The van der Waals surface area contributed by atoms with Crippen LogP contribution in [0.4, 0.5) is 0 Å². The molecule has 6 nitrogen and oxygen atoms in total. The molecule has 0 aromatic carbocycles. The van der Waals surface area contributed by atoms with E-state index in [2.05, 4.69) is 15.5 Å². The fourth-order valence-corrected chi connectivity index (χ4v) is 2.75. The highest BCUT2D eigenvalue weighted by molar-refractivity contribution is 7.10. The lowest BCUT2D eigenvalue weighted by Gasteiger charge is -2.01. The van der Waals surface area contributed by atoms with Gasteiger partial charge < -0.3 is 14.6 Å². The molecular formula is C13H15N3O3S. The van der Waals surface area contributed by atoms with Gasteiger partial charge in [-0.1, -0.05) is 5.16 Å². The van der Waals surface area contributed by atoms with Crippen molar-refractivity contribution in [3.8, 4) is 0 Å². The molecule has 1 fully saturated rings. The van der Waals surface area contributed by atoms with E-state index in [0.717, 1.165) is 24.3 Å². The molecule has 0 aliphatic carbocycles. The number of amides is 1. The van der Waals surface area contributed by atoms with Gasteiger partial charge in [0, 0.05) is 16.9 Å². The monoisotopic (exact) mass is 293 g/mol. The van der Waals surface area contributed by atoms with Crippen LogP contribution in [0.25, 0.3) is 0 Å². The number of aromatic nitrogens is 2. The summed E-state index contributed by atoms with van der Waals surface area (Å²) in [6.07, 6.45) is 1.82. The Labute approximate surface area is 120 Å². The summed E-state index contributed by atoms with van der Waals surface area (Å²) >= 11 is 1.55.